The zero-order chi connectivity index (χ0) is 24.8. The molecule has 0 aliphatic carbocycles. The minimum absolute atomic E-state index is 0.109. The van der Waals surface area contributed by atoms with Gasteiger partial charge in [0.25, 0.3) is 17.5 Å². The van der Waals surface area contributed by atoms with Crippen LogP contribution >= 0.6 is 39.1 Å². The van der Waals surface area contributed by atoms with E-state index in [1.165, 1.54) is 49.6 Å². The number of nitro benzene ring substituents is 1. The highest BCUT2D eigenvalue weighted by molar-refractivity contribution is 9.10. The van der Waals surface area contributed by atoms with Gasteiger partial charge in [0.15, 0.2) is 0 Å². The summed E-state index contributed by atoms with van der Waals surface area (Å²) in [5, 5.41) is 16.7. The number of non-ortho nitro benzene ring substituents is 1. The lowest BCUT2D eigenvalue weighted by atomic mass is 10.1. The Labute approximate surface area is 212 Å². The smallest absolute Gasteiger partial charge is 0.272 e. The Balaban J connectivity index is 1.96. The first-order valence-electron chi connectivity index (χ1n) is 9.55. The van der Waals surface area contributed by atoms with Crippen molar-refractivity contribution in [1.82, 2.24) is 5.32 Å². The number of anilines is 1. The molecule has 0 bridgehead atoms. The number of benzene rings is 3. The van der Waals surface area contributed by atoms with Crippen LogP contribution < -0.4 is 15.4 Å². The molecule has 0 spiro atoms. The predicted molar refractivity (Wildman–Crippen MR) is 134 cm³/mol. The topological polar surface area (TPSA) is 111 Å². The molecular weight excluding hydrogens is 549 g/mol. The predicted octanol–water partition coefficient (Wildman–Crippen LogP) is 6.08. The van der Waals surface area contributed by atoms with Gasteiger partial charge in [0.1, 0.15) is 11.4 Å². The van der Waals surface area contributed by atoms with E-state index < -0.39 is 16.7 Å². The molecule has 0 heterocycles. The van der Waals surface area contributed by atoms with Crippen molar-refractivity contribution in [3.63, 3.8) is 0 Å². The van der Waals surface area contributed by atoms with E-state index in [-0.39, 0.29) is 22.0 Å². The van der Waals surface area contributed by atoms with Gasteiger partial charge in [-0.15, -0.1) is 0 Å². The summed E-state index contributed by atoms with van der Waals surface area (Å²) in [6.45, 7) is 0. The second-order valence-corrected chi connectivity index (χ2v) is 8.52. The van der Waals surface area contributed by atoms with Crippen LogP contribution in [-0.2, 0) is 4.79 Å². The van der Waals surface area contributed by atoms with Crippen LogP contribution in [0.2, 0.25) is 10.0 Å². The number of nitrogens with one attached hydrogen (secondary N) is 2. The molecule has 8 nitrogen and oxygen atoms in total. The molecule has 0 saturated carbocycles. The maximum atomic E-state index is 13.1. The Morgan fingerprint density at radius 2 is 1.74 bits per heavy atom. The molecule has 2 N–H and O–H groups in total. The summed E-state index contributed by atoms with van der Waals surface area (Å²) < 4.78 is 5.88. The molecule has 0 fully saturated rings. The number of halogens is 3. The Kier molecular flexibility index (Phi) is 8.27. The van der Waals surface area contributed by atoms with Crippen molar-refractivity contribution >= 4 is 68.4 Å². The van der Waals surface area contributed by atoms with Crippen molar-refractivity contribution in [3.05, 3.63) is 102 Å². The van der Waals surface area contributed by atoms with Gasteiger partial charge in [-0.1, -0.05) is 39.1 Å². The fourth-order valence-corrected chi connectivity index (χ4v) is 3.50. The second-order valence-electron chi connectivity index (χ2n) is 6.79. The lowest BCUT2D eigenvalue weighted by Gasteiger charge is -2.13. The minimum Gasteiger partial charge on any atom is -0.496 e. The maximum absolute atomic E-state index is 13.1. The van der Waals surface area contributed by atoms with E-state index in [9.17, 15) is 19.7 Å². The molecule has 3 rings (SSSR count). The van der Waals surface area contributed by atoms with Crippen LogP contribution in [0.15, 0.2) is 70.8 Å². The molecule has 2 amide bonds. The van der Waals surface area contributed by atoms with Crippen LogP contribution in [0.5, 0.6) is 5.75 Å². The van der Waals surface area contributed by atoms with Gasteiger partial charge in [-0.3, -0.25) is 19.7 Å². The first-order valence-corrected chi connectivity index (χ1v) is 11.1. The van der Waals surface area contributed by atoms with Crippen LogP contribution in [0.4, 0.5) is 11.4 Å². The molecular formula is C23H16BrCl2N3O5. The largest absolute Gasteiger partial charge is 0.496 e. The normalized spacial score (nSPS) is 11.0. The Morgan fingerprint density at radius 3 is 2.35 bits per heavy atom. The number of carbonyl (C=O) groups is 2. The molecule has 0 unspecified atom stereocenters. The average Bonchev–Trinajstić information content (AvgIpc) is 2.81. The quantitative estimate of drug-likeness (QED) is 0.205. The van der Waals surface area contributed by atoms with E-state index in [0.29, 0.717) is 26.5 Å². The van der Waals surface area contributed by atoms with E-state index in [2.05, 4.69) is 26.6 Å². The van der Waals surface area contributed by atoms with Gasteiger partial charge in [-0.25, -0.2) is 0 Å². The van der Waals surface area contributed by atoms with Crippen LogP contribution in [-0.4, -0.2) is 23.8 Å². The van der Waals surface area contributed by atoms with Gasteiger partial charge < -0.3 is 15.4 Å². The van der Waals surface area contributed by atoms with Crippen molar-refractivity contribution in [2.45, 2.75) is 0 Å². The second kappa shape index (κ2) is 11.1. The molecule has 11 heteroatoms. The lowest BCUT2D eigenvalue weighted by molar-refractivity contribution is -0.384. The third kappa shape index (κ3) is 6.34. The zero-order valence-electron chi connectivity index (χ0n) is 17.5. The molecule has 34 heavy (non-hydrogen) atoms. The lowest BCUT2D eigenvalue weighted by Crippen LogP contribution is -2.31. The summed E-state index contributed by atoms with van der Waals surface area (Å²) in [7, 11) is 1.42. The summed E-state index contributed by atoms with van der Waals surface area (Å²) in [6.07, 6.45) is 1.39. The van der Waals surface area contributed by atoms with Gasteiger partial charge in [-0.05, 0) is 60.2 Å². The molecule has 3 aromatic carbocycles. The van der Waals surface area contributed by atoms with Crippen molar-refractivity contribution in [2.24, 2.45) is 0 Å². The molecule has 0 aromatic heterocycles. The van der Waals surface area contributed by atoms with Crippen LogP contribution in [0.1, 0.15) is 15.9 Å². The van der Waals surface area contributed by atoms with Crippen LogP contribution in [0.3, 0.4) is 0 Å². The van der Waals surface area contributed by atoms with Gasteiger partial charge >= 0.3 is 0 Å². The first kappa shape index (κ1) is 25.2. The Bertz CT molecular complexity index is 1300. The summed E-state index contributed by atoms with van der Waals surface area (Å²) in [5.74, 6) is -0.949. The number of amides is 2. The van der Waals surface area contributed by atoms with Crippen LogP contribution in [0, 0.1) is 10.1 Å². The fourth-order valence-electron chi connectivity index (χ4n) is 2.84. The minimum atomic E-state index is -0.654. The monoisotopic (exact) mass is 563 g/mol. The molecule has 0 aliphatic heterocycles. The highest BCUT2D eigenvalue weighted by Gasteiger charge is 2.19. The van der Waals surface area contributed by atoms with Crippen molar-refractivity contribution in [1.29, 1.82) is 0 Å². The third-order valence-corrected chi connectivity index (χ3v) is 5.72. The van der Waals surface area contributed by atoms with Crippen LogP contribution in [0.25, 0.3) is 6.08 Å². The van der Waals surface area contributed by atoms with Crippen molar-refractivity contribution in [2.75, 3.05) is 12.4 Å². The number of ether oxygens (including phenoxy) is 1. The highest BCUT2D eigenvalue weighted by atomic mass is 79.9. The number of carbonyl (C=O) groups excluding carboxylic acids is 2. The Hall–Kier alpha value is -3.40. The zero-order valence-corrected chi connectivity index (χ0v) is 20.6. The van der Waals surface area contributed by atoms with E-state index in [1.807, 2.05) is 0 Å². The maximum Gasteiger partial charge on any atom is 0.272 e. The first-order chi connectivity index (χ1) is 16.2. The van der Waals surface area contributed by atoms with Gasteiger partial charge in [-0.2, -0.15) is 0 Å². The molecule has 174 valence electrons. The number of nitro groups is 1. The number of hydrogen-bond donors (Lipinski definition) is 2. The van der Waals surface area contributed by atoms with E-state index >= 15 is 0 Å². The van der Waals surface area contributed by atoms with Gasteiger partial charge in [0, 0.05) is 22.3 Å². The molecule has 0 radical (unpaired) electrons. The highest BCUT2D eigenvalue weighted by Crippen LogP contribution is 2.26. The van der Waals surface area contributed by atoms with Gasteiger partial charge in [0.05, 0.1) is 27.6 Å². The number of nitrogens with zero attached hydrogens (tertiary/aromatic N) is 1. The third-order valence-electron chi connectivity index (χ3n) is 4.49. The van der Waals surface area contributed by atoms with E-state index in [0.717, 1.165) is 0 Å². The molecule has 3 aromatic rings. The molecule has 0 atom stereocenters. The molecule has 0 saturated heterocycles. The van der Waals surface area contributed by atoms with Crippen molar-refractivity contribution < 1.29 is 19.2 Å². The Morgan fingerprint density at radius 1 is 1.03 bits per heavy atom. The fraction of sp³-hybridized carbons (Fsp3) is 0.0435. The SMILES string of the molecule is COc1ccc(Br)cc1C(=O)NC(=Cc1ccc([N+](=O)[O-])cc1)C(=O)Nc1ccc(Cl)c(Cl)c1. The standard InChI is InChI=1S/C23H16BrCl2N3O5/c1-34-21-9-4-14(24)11-17(21)22(30)28-20(10-13-2-6-16(7-3-13)29(32)33)23(31)27-15-5-8-18(25)19(26)12-15/h2-12H,1H3,(H,27,31)(H,28,30). The summed E-state index contributed by atoms with van der Waals surface area (Å²) in [6, 6.07) is 14.9. The number of hydrogen-bond acceptors (Lipinski definition) is 5. The van der Waals surface area contributed by atoms with E-state index in [1.54, 1.807) is 24.3 Å². The average molecular weight is 565 g/mol. The van der Waals surface area contributed by atoms with Gasteiger partial charge in [0.2, 0.25) is 0 Å². The number of rotatable bonds is 7. The summed E-state index contributed by atoms with van der Waals surface area (Å²) in [4.78, 5) is 36.5. The molecule has 0 aliphatic rings. The number of methoxy groups -OCH3 is 1. The van der Waals surface area contributed by atoms with Crippen molar-refractivity contribution in [3.8, 4) is 5.75 Å². The summed E-state index contributed by atoms with van der Waals surface area (Å²) in [5.41, 5.74) is 0.761. The van der Waals surface area contributed by atoms with E-state index in [4.69, 9.17) is 27.9 Å². The summed E-state index contributed by atoms with van der Waals surface area (Å²) >= 11 is 15.3.